The van der Waals surface area contributed by atoms with Crippen LogP contribution in [-0.2, 0) is 9.53 Å². The molecule has 5 aliphatic rings. The second-order valence-corrected chi connectivity index (χ2v) is 9.77. The summed E-state index contributed by atoms with van der Waals surface area (Å²) < 4.78 is 6.06. The van der Waals surface area contributed by atoms with Crippen LogP contribution in [0.1, 0.15) is 84.5 Å². The molecule has 0 heterocycles. The van der Waals surface area contributed by atoms with Gasteiger partial charge in [0.2, 0.25) is 0 Å². The number of hydrogen-bond donors (Lipinski definition) is 2. The number of hydrogen-bond acceptors (Lipinski definition) is 4. The lowest BCUT2D eigenvalue weighted by molar-refractivity contribution is -0.107. The van der Waals surface area contributed by atoms with E-state index in [0.29, 0.717) is 23.2 Å². The minimum Gasteiger partial charge on any atom is -0.400 e. The molecular weight excluding hydrogens is 398 g/mol. The standard InChI is InChI=1S/C24H34O2.C2H6.CH5N.CH4O/c1-3-16(8-6-14-25)22-19-12-13-23-18-9-5-4-7-17(18)10-11-21(23)24(19,23)15-20(22)26-2;3*1-2/h3,14,17-21H,1,4-13,15H2,2H3;1-2H3;2H2,1H3;2H,1H3/b22-16+;;;. The Balaban J connectivity index is 0.000000561. The predicted octanol–water partition coefficient (Wildman–Crippen LogP) is 5.69. The van der Waals surface area contributed by atoms with E-state index >= 15 is 0 Å². The van der Waals surface area contributed by atoms with E-state index in [-0.39, 0.29) is 6.10 Å². The molecule has 32 heavy (non-hydrogen) atoms. The fraction of sp³-hybridized carbons (Fsp3) is 0.821. The summed E-state index contributed by atoms with van der Waals surface area (Å²) in [7, 11) is 4.39. The van der Waals surface area contributed by atoms with Gasteiger partial charge in [-0.15, -0.1) is 0 Å². The molecule has 0 aromatic carbocycles. The molecule has 5 aliphatic carbocycles. The summed E-state index contributed by atoms with van der Waals surface area (Å²) in [5.41, 5.74) is 8.56. The van der Waals surface area contributed by atoms with E-state index in [1.807, 2.05) is 27.0 Å². The number of aliphatic hydroxyl groups excluding tert-OH is 1. The molecule has 5 saturated carbocycles. The number of methoxy groups -OCH3 is 1. The number of aliphatic hydroxyl groups is 1. The highest BCUT2D eigenvalue weighted by Crippen LogP contribution is 2.91. The number of aldehydes is 1. The number of ether oxygens (including phenoxy) is 1. The van der Waals surface area contributed by atoms with Crippen molar-refractivity contribution < 1.29 is 14.6 Å². The number of carbonyl (C=O) groups excluding carboxylic acids is 1. The van der Waals surface area contributed by atoms with Gasteiger partial charge in [-0.25, -0.2) is 0 Å². The van der Waals surface area contributed by atoms with Crippen LogP contribution in [0.15, 0.2) is 23.8 Å². The van der Waals surface area contributed by atoms with Gasteiger partial charge in [0.25, 0.3) is 0 Å². The predicted molar refractivity (Wildman–Crippen MR) is 133 cm³/mol. The maximum Gasteiger partial charge on any atom is 0.120 e. The summed E-state index contributed by atoms with van der Waals surface area (Å²) in [4.78, 5) is 11.0. The first-order valence-electron chi connectivity index (χ1n) is 13.1. The van der Waals surface area contributed by atoms with Crippen molar-refractivity contribution in [3.8, 4) is 0 Å². The molecule has 7 unspecified atom stereocenters. The van der Waals surface area contributed by atoms with E-state index in [9.17, 15) is 4.79 Å². The molecule has 0 aromatic heterocycles. The fourth-order valence-electron chi connectivity index (χ4n) is 9.04. The topological polar surface area (TPSA) is 72.5 Å². The number of allylic oxidation sites excluding steroid dienone is 2. The van der Waals surface area contributed by atoms with Crippen molar-refractivity contribution in [3.63, 3.8) is 0 Å². The average Bonchev–Trinajstić information content (AvgIpc) is 3.11. The van der Waals surface area contributed by atoms with Gasteiger partial charge in [-0.05, 0) is 97.6 Å². The van der Waals surface area contributed by atoms with Crippen LogP contribution in [0.3, 0.4) is 0 Å². The van der Waals surface area contributed by atoms with Gasteiger partial charge >= 0.3 is 0 Å². The Morgan fingerprint density at radius 2 is 1.81 bits per heavy atom. The van der Waals surface area contributed by atoms with Crippen LogP contribution in [0.5, 0.6) is 0 Å². The normalized spacial score (nSPS) is 41.4. The number of carbonyl (C=O) groups is 1. The molecule has 5 rings (SSSR count). The van der Waals surface area contributed by atoms with E-state index in [4.69, 9.17) is 9.84 Å². The summed E-state index contributed by atoms with van der Waals surface area (Å²) in [6.45, 7) is 8.10. The molecule has 5 fully saturated rings. The summed E-state index contributed by atoms with van der Waals surface area (Å²) in [6.07, 6.45) is 17.7. The lowest BCUT2D eigenvalue weighted by Crippen LogP contribution is -2.33. The summed E-state index contributed by atoms with van der Waals surface area (Å²) in [6, 6.07) is 0. The van der Waals surface area contributed by atoms with E-state index in [0.717, 1.165) is 37.6 Å². The van der Waals surface area contributed by atoms with Crippen molar-refractivity contribution in [3.05, 3.63) is 23.8 Å². The van der Waals surface area contributed by atoms with Gasteiger partial charge in [0.15, 0.2) is 0 Å². The Labute approximate surface area is 197 Å². The van der Waals surface area contributed by atoms with Crippen molar-refractivity contribution in [2.75, 3.05) is 21.3 Å². The van der Waals surface area contributed by atoms with E-state index in [2.05, 4.69) is 12.3 Å². The maximum absolute atomic E-state index is 11.0. The van der Waals surface area contributed by atoms with Gasteiger partial charge in [-0.2, -0.15) is 0 Å². The van der Waals surface area contributed by atoms with Crippen LogP contribution in [0.4, 0.5) is 0 Å². The van der Waals surface area contributed by atoms with E-state index in [1.165, 1.54) is 70.4 Å². The second kappa shape index (κ2) is 11.9. The molecule has 184 valence electrons. The SMILES string of the molecule is C=C/C(CCC=O)=C1\C(OC)CC23C1CCC21C2CCCCC2CCC31.CC.CN.CO. The summed E-state index contributed by atoms with van der Waals surface area (Å²) in [5, 5.41) is 7.00. The number of nitrogens with two attached hydrogens (primary N) is 1. The zero-order chi connectivity index (χ0) is 23.9. The smallest absolute Gasteiger partial charge is 0.120 e. The van der Waals surface area contributed by atoms with Gasteiger partial charge in [0.1, 0.15) is 6.29 Å². The first-order valence-corrected chi connectivity index (χ1v) is 13.1. The van der Waals surface area contributed by atoms with Crippen LogP contribution in [0.25, 0.3) is 0 Å². The average molecular weight is 448 g/mol. The Kier molecular flexibility index (Phi) is 10.2. The van der Waals surface area contributed by atoms with Crippen molar-refractivity contribution in [1.29, 1.82) is 0 Å². The zero-order valence-electron chi connectivity index (χ0n) is 21.4. The van der Waals surface area contributed by atoms with Crippen molar-refractivity contribution in [2.45, 2.75) is 90.6 Å². The van der Waals surface area contributed by atoms with Crippen molar-refractivity contribution in [1.82, 2.24) is 0 Å². The number of fused-ring (bicyclic) bond motifs is 1. The first kappa shape index (κ1) is 27.3. The number of rotatable bonds is 5. The highest BCUT2D eigenvalue weighted by Gasteiger charge is 2.86. The Bertz CT molecular complexity index is 659. The van der Waals surface area contributed by atoms with Gasteiger partial charge < -0.3 is 20.4 Å². The molecule has 0 radical (unpaired) electrons. The van der Waals surface area contributed by atoms with Crippen LogP contribution in [0, 0.1) is 34.5 Å². The third-order valence-corrected chi connectivity index (χ3v) is 9.57. The molecule has 2 spiro atoms. The van der Waals surface area contributed by atoms with Crippen LogP contribution >= 0.6 is 0 Å². The summed E-state index contributed by atoms with van der Waals surface area (Å²) in [5.74, 6) is 3.68. The second-order valence-electron chi connectivity index (χ2n) is 9.77. The molecule has 0 aromatic rings. The third-order valence-electron chi connectivity index (χ3n) is 9.57. The molecular formula is C28H49NO3. The quantitative estimate of drug-likeness (QED) is 0.531. The van der Waals surface area contributed by atoms with Gasteiger partial charge in [0.05, 0.1) is 6.10 Å². The van der Waals surface area contributed by atoms with Gasteiger partial charge in [-0.1, -0.05) is 45.8 Å². The van der Waals surface area contributed by atoms with Crippen molar-refractivity contribution in [2.24, 2.45) is 40.2 Å². The fourth-order valence-corrected chi connectivity index (χ4v) is 9.04. The molecule has 7 atom stereocenters. The monoisotopic (exact) mass is 447 g/mol. The molecule has 0 aliphatic heterocycles. The summed E-state index contributed by atoms with van der Waals surface area (Å²) >= 11 is 0. The zero-order valence-corrected chi connectivity index (χ0v) is 21.4. The molecule has 4 heteroatoms. The first-order chi connectivity index (χ1) is 15.7. The largest absolute Gasteiger partial charge is 0.400 e. The molecule has 4 nitrogen and oxygen atoms in total. The van der Waals surface area contributed by atoms with Crippen LogP contribution < -0.4 is 5.73 Å². The van der Waals surface area contributed by atoms with Crippen molar-refractivity contribution >= 4 is 6.29 Å². The third kappa shape index (κ3) is 3.84. The lowest BCUT2D eigenvalue weighted by atomic mass is 9.63. The molecule has 0 saturated heterocycles. The molecule has 3 N–H and O–H groups in total. The molecule has 0 amide bonds. The Morgan fingerprint density at radius 3 is 2.44 bits per heavy atom. The molecule has 0 bridgehead atoms. The van der Waals surface area contributed by atoms with Crippen LogP contribution in [-0.4, -0.2) is 38.8 Å². The van der Waals surface area contributed by atoms with Gasteiger partial charge in [-0.3, -0.25) is 0 Å². The van der Waals surface area contributed by atoms with E-state index < -0.39 is 0 Å². The van der Waals surface area contributed by atoms with Crippen LogP contribution in [0.2, 0.25) is 0 Å². The maximum atomic E-state index is 11.0. The van der Waals surface area contributed by atoms with Gasteiger partial charge in [0, 0.05) is 20.6 Å². The van der Waals surface area contributed by atoms with E-state index in [1.54, 1.807) is 5.57 Å². The minimum absolute atomic E-state index is 0.268. The highest BCUT2D eigenvalue weighted by molar-refractivity contribution is 5.52. The Morgan fingerprint density at radius 1 is 1.12 bits per heavy atom. The Hall–Kier alpha value is -0.970. The lowest BCUT2D eigenvalue weighted by Gasteiger charge is -2.42. The minimum atomic E-state index is 0.268. The highest BCUT2D eigenvalue weighted by atomic mass is 16.5.